The summed E-state index contributed by atoms with van der Waals surface area (Å²) < 4.78 is 34.1. The minimum atomic E-state index is -5.17. The Morgan fingerprint density at radius 2 is 1.48 bits per heavy atom. The Morgan fingerprint density at radius 3 is 2.04 bits per heavy atom. The fourth-order valence-corrected chi connectivity index (χ4v) is 1.82. The number of fused-ring (bicyclic) bond motifs is 3. The molecule has 0 N–H and O–H groups in total. The molecule has 3 aromatic rings. The summed E-state index contributed by atoms with van der Waals surface area (Å²) in [6, 6.07) is 10.6. The predicted molar refractivity (Wildman–Crippen MR) is 74.2 cm³/mol. The second-order valence-corrected chi connectivity index (χ2v) is 4.86. The Balaban J connectivity index is 0.000000390. The third-order valence-electron chi connectivity index (χ3n) is 2.60. The second-order valence-electron chi connectivity index (χ2n) is 4.05. The predicted octanol–water partition coefficient (Wildman–Crippen LogP) is 1.35. The van der Waals surface area contributed by atoms with Crippen LogP contribution in [-0.4, -0.2) is 32.4 Å². The van der Waals surface area contributed by atoms with Crippen LogP contribution in [0.1, 0.15) is 0 Å². The molecule has 0 aliphatic carbocycles. The molecule has 0 fully saturated rings. The first-order valence-corrected chi connectivity index (χ1v) is 7.04. The number of hydrogen-bond acceptors (Lipinski definition) is 8. The van der Waals surface area contributed by atoms with Crippen LogP contribution in [0.15, 0.2) is 42.6 Å². The van der Waals surface area contributed by atoms with Gasteiger partial charge in [0.15, 0.2) is 0 Å². The molecule has 0 saturated carbocycles. The zero-order chi connectivity index (χ0) is 16.3. The van der Waals surface area contributed by atoms with Crippen molar-refractivity contribution in [1.29, 1.82) is 0 Å². The van der Waals surface area contributed by atoms with Gasteiger partial charge in [0.05, 0.1) is 0 Å². The molecule has 11 heteroatoms. The van der Waals surface area contributed by atoms with Gasteiger partial charge >= 0.3 is 22.9 Å². The number of nitro groups is 1. The van der Waals surface area contributed by atoms with Gasteiger partial charge in [-0.2, -0.15) is 0 Å². The van der Waals surface area contributed by atoms with Crippen LogP contribution < -0.4 is 0 Å². The number of aromatic nitrogens is 2. The smallest absolute Gasteiger partial charge is 0.759 e. The molecule has 0 spiro atoms. The van der Waals surface area contributed by atoms with Crippen molar-refractivity contribution >= 4 is 38.0 Å². The summed E-state index contributed by atoms with van der Waals surface area (Å²) in [5.41, 5.74) is 1.26. The van der Waals surface area contributed by atoms with Gasteiger partial charge in [-0.1, -0.05) is 12.1 Å². The van der Waals surface area contributed by atoms with Gasteiger partial charge in [-0.15, -0.1) is 0 Å². The van der Waals surface area contributed by atoms with Crippen molar-refractivity contribution in [1.82, 2.24) is 9.97 Å². The van der Waals surface area contributed by atoms with Gasteiger partial charge in [0.2, 0.25) is 5.52 Å². The van der Waals surface area contributed by atoms with Gasteiger partial charge < -0.3 is 19.2 Å². The van der Waals surface area contributed by atoms with Crippen LogP contribution in [0.5, 0.6) is 0 Å². The Hall–Kier alpha value is -2.17. The van der Waals surface area contributed by atoms with Crippen LogP contribution in [0.3, 0.4) is 0 Å². The first-order chi connectivity index (χ1) is 10.3. The van der Waals surface area contributed by atoms with Gasteiger partial charge in [-0.25, -0.2) is 0 Å². The molecule has 0 radical (unpaired) electrons. The quantitative estimate of drug-likeness (QED) is 0.154. The molecule has 0 amide bonds. The molecule has 23 heavy (non-hydrogen) atoms. The zero-order valence-corrected chi connectivity index (χ0v) is 13.0. The summed E-state index contributed by atoms with van der Waals surface area (Å²) in [6.07, 6.45) is 1.66. The van der Waals surface area contributed by atoms with E-state index in [0.29, 0.717) is 11.0 Å². The maximum absolute atomic E-state index is 10.7. The normalized spacial score (nSPS) is 10.5. The Morgan fingerprint density at radius 1 is 0.957 bits per heavy atom. The van der Waals surface area contributed by atoms with Crippen LogP contribution in [-0.2, 0) is 27.5 Å². The van der Waals surface area contributed by atoms with Gasteiger partial charge in [0.25, 0.3) is 0 Å². The molecular weight excluding hydrogens is 370 g/mol. The van der Waals surface area contributed by atoms with E-state index in [1.54, 1.807) is 12.3 Å². The SMILES string of the molecule is O=S(=O)([O-])[O-].O=[N+]([O-])c1ccc2ccc3cccnc3c2n1.[Fe+2]. The van der Waals surface area contributed by atoms with Gasteiger partial charge in [0.1, 0.15) is 5.52 Å². The molecule has 1 aromatic carbocycles. The average Bonchev–Trinajstić information content (AvgIpc) is 2.44. The van der Waals surface area contributed by atoms with Crippen LogP contribution in [0.25, 0.3) is 21.8 Å². The number of rotatable bonds is 1. The van der Waals surface area contributed by atoms with E-state index in [0.717, 1.165) is 10.8 Å². The maximum atomic E-state index is 10.7. The molecular formula is C12H7FeN3O6S. The van der Waals surface area contributed by atoms with Gasteiger partial charge in [-0.3, -0.25) is 13.4 Å². The summed E-state index contributed by atoms with van der Waals surface area (Å²) >= 11 is 0. The summed E-state index contributed by atoms with van der Waals surface area (Å²) in [7, 11) is -5.17. The summed E-state index contributed by atoms with van der Waals surface area (Å²) in [5, 5.41) is 12.5. The van der Waals surface area contributed by atoms with Crippen LogP contribution in [0.4, 0.5) is 5.82 Å². The molecule has 0 saturated heterocycles. The van der Waals surface area contributed by atoms with Crippen molar-refractivity contribution in [3.8, 4) is 0 Å². The fourth-order valence-electron chi connectivity index (χ4n) is 1.82. The fraction of sp³-hybridized carbons (Fsp3) is 0. The largest absolute Gasteiger partial charge is 2.00 e. The van der Waals surface area contributed by atoms with Gasteiger partial charge in [-0.05, 0) is 28.1 Å². The maximum Gasteiger partial charge on any atom is 2.00 e. The molecule has 2 heterocycles. The molecule has 0 atom stereocenters. The molecule has 2 aromatic heterocycles. The Kier molecular flexibility index (Phi) is 6.07. The van der Waals surface area contributed by atoms with Crippen molar-refractivity contribution in [3.63, 3.8) is 0 Å². The number of benzene rings is 1. The van der Waals surface area contributed by atoms with E-state index < -0.39 is 15.3 Å². The van der Waals surface area contributed by atoms with E-state index in [1.807, 2.05) is 24.3 Å². The number of pyridine rings is 2. The molecule has 0 bridgehead atoms. The topological polar surface area (TPSA) is 149 Å². The van der Waals surface area contributed by atoms with Crippen molar-refractivity contribution < 1.29 is 39.5 Å². The zero-order valence-electron chi connectivity index (χ0n) is 11.1. The molecule has 0 aliphatic rings. The summed E-state index contributed by atoms with van der Waals surface area (Å²) in [6.45, 7) is 0. The molecule has 120 valence electrons. The molecule has 0 unspecified atom stereocenters. The standard InChI is InChI=1S/C12H7N3O2.Fe.H2O4S/c16-15(17)10-6-5-9-4-3-8-2-1-7-13-11(8)12(9)14-10;;1-5(2,3)4/h1-7H;;(H2,1,2,3,4)/q;+2;/p-2. The Labute approximate surface area is 140 Å². The average molecular weight is 377 g/mol. The van der Waals surface area contributed by atoms with Crippen molar-refractivity contribution in [3.05, 3.63) is 52.7 Å². The van der Waals surface area contributed by atoms with Crippen molar-refractivity contribution in [2.24, 2.45) is 0 Å². The van der Waals surface area contributed by atoms with Crippen molar-refractivity contribution in [2.45, 2.75) is 0 Å². The number of hydrogen-bond donors (Lipinski definition) is 0. The van der Waals surface area contributed by atoms with E-state index >= 15 is 0 Å². The third-order valence-corrected chi connectivity index (χ3v) is 2.60. The van der Waals surface area contributed by atoms with E-state index in [4.69, 9.17) is 17.5 Å². The summed E-state index contributed by atoms with van der Waals surface area (Å²) in [4.78, 5) is 18.5. The molecule has 0 aliphatic heterocycles. The third kappa shape index (κ3) is 5.20. The molecule has 3 rings (SSSR count). The van der Waals surface area contributed by atoms with Crippen LogP contribution in [0.2, 0.25) is 0 Å². The number of nitrogens with zero attached hydrogens (tertiary/aromatic N) is 3. The minimum Gasteiger partial charge on any atom is -0.759 e. The second kappa shape index (κ2) is 7.40. The van der Waals surface area contributed by atoms with Crippen LogP contribution >= 0.6 is 0 Å². The van der Waals surface area contributed by atoms with E-state index in [2.05, 4.69) is 9.97 Å². The van der Waals surface area contributed by atoms with Crippen LogP contribution in [0, 0.1) is 10.1 Å². The molecule has 9 nitrogen and oxygen atoms in total. The summed E-state index contributed by atoms with van der Waals surface area (Å²) in [5.74, 6) is -0.157. The van der Waals surface area contributed by atoms with Crippen molar-refractivity contribution in [2.75, 3.05) is 0 Å². The van der Waals surface area contributed by atoms with E-state index in [9.17, 15) is 10.1 Å². The Bertz CT molecular complexity index is 955. The van der Waals surface area contributed by atoms with E-state index in [1.165, 1.54) is 6.07 Å². The van der Waals surface area contributed by atoms with Gasteiger partial charge in [0, 0.05) is 33.4 Å². The first-order valence-electron chi connectivity index (χ1n) is 5.71. The monoisotopic (exact) mass is 377 g/mol. The minimum absolute atomic E-state index is 0. The first kappa shape index (κ1) is 18.9. The van der Waals surface area contributed by atoms with E-state index in [-0.39, 0.29) is 22.9 Å².